The second-order valence-corrected chi connectivity index (χ2v) is 5.39. The summed E-state index contributed by atoms with van der Waals surface area (Å²) in [5.41, 5.74) is 7.25. The molecule has 1 aromatic rings. The summed E-state index contributed by atoms with van der Waals surface area (Å²) in [6.45, 7) is 1.91. The van der Waals surface area contributed by atoms with Crippen molar-refractivity contribution in [2.24, 2.45) is 0 Å². The highest BCUT2D eigenvalue weighted by Gasteiger charge is 2.08. The maximum Gasteiger partial charge on any atom is 0.219 e. The Labute approximate surface area is 104 Å². The molecule has 0 aromatic heterocycles. The number of nitrogens with one attached hydrogen (secondary N) is 1. The van der Waals surface area contributed by atoms with Gasteiger partial charge in [-0.1, -0.05) is 6.07 Å². The summed E-state index contributed by atoms with van der Waals surface area (Å²) < 4.78 is 12.0. The number of nitrogen functional groups attached to an aromatic ring is 1. The summed E-state index contributed by atoms with van der Waals surface area (Å²) in [6, 6.07) is 5.40. The largest absolute Gasteiger partial charge is 0.399 e. The van der Waals surface area contributed by atoms with Crippen molar-refractivity contribution in [2.45, 2.75) is 24.7 Å². The van der Waals surface area contributed by atoms with Crippen molar-refractivity contribution in [1.82, 2.24) is 5.32 Å². The van der Waals surface area contributed by atoms with E-state index in [1.807, 2.05) is 13.0 Å². The fourth-order valence-corrected chi connectivity index (χ4v) is 2.78. The van der Waals surface area contributed by atoms with Gasteiger partial charge < -0.3 is 11.1 Å². The van der Waals surface area contributed by atoms with E-state index >= 15 is 0 Å². The van der Waals surface area contributed by atoms with Crippen LogP contribution in [-0.2, 0) is 15.6 Å². The number of anilines is 1. The molecular weight excluding hydrogens is 236 g/mol. The van der Waals surface area contributed by atoms with Gasteiger partial charge in [-0.3, -0.25) is 9.00 Å². The minimum atomic E-state index is -1.08. The Morgan fingerprint density at radius 1 is 1.47 bits per heavy atom. The maximum absolute atomic E-state index is 12.0. The zero-order valence-corrected chi connectivity index (χ0v) is 11.0. The highest BCUT2D eigenvalue weighted by atomic mass is 32.2. The molecule has 0 saturated heterocycles. The fraction of sp³-hybridized carbons (Fsp3) is 0.417. The lowest BCUT2D eigenvalue weighted by Gasteiger charge is -2.06. The van der Waals surface area contributed by atoms with Crippen LogP contribution in [0, 0.1) is 6.92 Å². The molecule has 5 heteroatoms. The molecule has 4 nitrogen and oxygen atoms in total. The summed E-state index contributed by atoms with van der Waals surface area (Å²) in [5.74, 6) is 0.462. The first-order valence-corrected chi connectivity index (χ1v) is 6.81. The van der Waals surface area contributed by atoms with E-state index in [1.165, 1.54) is 0 Å². The van der Waals surface area contributed by atoms with Crippen LogP contribution < -0.4 is 11.1 Å². The zero-order valence-electron chi connectivity index (χ0n) is 10.2. The summed E-state index contributed by atoms with van der Waals surface area (Å²) >= 11 is 0. The van der Waals surface area contributed by atoms with Gasteiger partial charge in [0.15, 0.2) is 0 Å². The van der Waals surface area contributed by atoms with Gasteiger partial charge >= 0.3 is 0 Å². The standard InChI is InChI=1S/C12H18N2O2S/c1-9-5-6-10(13)8-11(9)17(16)7-3-4-12(15)14-2/h5-6,8H,3-4,7,13H2,1-2H3,(H,14,15). The van der Waals surface area contributed by atoms with Crippen LogP contribution in [0.1, 0.15) is 18.4 Å². The lowest BCUT2D eigenvalue weighted by molar-refractivity contribution is -0.120. The third-order valence-electron chi connectivity index (χ3n) is 2.47. The molecule has 17 heavy (non-hydrogen) atoms. The maximum atomic E-state index is 12.0. The van der Waals surface area contributed by atoms with Gasteiger partial charge in [-0.05, 0) is 31.0 Å². The quantitative estimate of drug-likeness (QED) is 0.776. The number of benzene rings is 1. The average Bonchev–Trinajstić information content (AvgIpc) is 2.31. The number of carbonyl (C=O) groups is 1. The van der Waals surface area contributed by atoms with Gasteiger partial charge in [0.25, 0.3) is 0 Å². The van der Waals surface area contributed by atoms with Crippen LogP contribution >= 0.6 is 0 Å². The molecule has 1 aromatic carbocycles. The van der Waals surface area contributed by atoms with E-state index in [4.69, 9.17) is 5.73 Å². The van der Waals surface area contributed by atoms with E-state index in [2.05, 4.69) is 5.32 Å². The van der Waals surface area contributed by atoms with Gasteiger partial charge in [0.1, 0.15) is 0 Å². The molecule has 3 N–H and O–H groups in total. The molecule has 0 aliphatic carbocycles. The Morgan fingerprint density at radius 2 is 2.18 bits per heavy atom. The number of amides is 1. The third-order valence-corrected chi connectivity index (χ3v) is 4.06. The van der Waals surface area contributed by atoms with E-state index < -0.39 is 10.8 Å². The molecule has 0 radical (unpaired) electrons. The Balaban J connectivity index is 2.58. The van der Waals surface area contributed by atoms with E-state index in [9.17, 15) is 9.00 Å². The Bertz CT molecular complexity index is 433. The number of aryl methyl sites for hydroxylation is 1. The topological polar surface area (TPSA) is 72.2 Å². The molecule has 0 spiro atoms. The number of hydrogen-bond donors (Lipinski definition) is 2. The molecule has 0 bridgehead atoms. The van der Waals surface area contributed by atoms with Crippen molar-refractivity contribution in [2.75, 3.05) is 18.5 Å². The van der Waals surface area contributed by atoms with Crippen molar-refractivity contribution >= 4 is 22.4 Å². The first-order valence-electron chi connectivity index (χ1n) is 5.49. The molecule has 1 rings (SSSR count). The van der Waals surface area contributed by atoms with Crippen molar-refractivity contribution < 1.29 is 9.00 Å². The van der Waals surface area contributed by atoms with Gasteiger partial charge in [0.05, 0.1) is 10.8 Å². The Kier molecular flexibility index (Phi) is 5.15. The number of nitrogens with two attached hydrogens (primary N) is 1. The minimum Gasteiger partial charge on any atom is -0.399 e. The summed E-state index contributed by atoms with van der Waals surface area (Å²) in [6.07, 6.45) is 1.02. The van der Waals surface area contributed by atoms with Crippen LogP contribution in [0.2, 0.25) is 0 Å². The lowest BCUT2D eigenvalue weighted by atomic mass is 10.2. The second kappa shape index (κ2) is 6.39. The van der Waals surface area contributed by atoms with Crippen LogP contribution in [0.3, 0.4) is 0 Å². The predicted octanol–water partition coefficient (Wildman–Crippen LogP) is 1.21. The van der Waals surface area contributed by atoms with E-state index in [0.29, 0.717) is 24.3 Å². The summed E-state index contributed by atoms with van der Waals surface area (Å²) in [5, 5.41) is 2.54. The first-order chi connectivity index (χ1) is 8.04. The van der Waals surface area contributed by atoms with Crippen LogP contribution in [0.25, 0.3) is 0 Å². The summed E-state index contributed by atoms with van der Waals surface area (Å²) in [4.78, 5) is 11.8. The van der Waals surface area contributed by atoms with Crippen LogP contribution in [0.15, 0.2) is 23.1 Å². The molecule has 0 fully saturated rings. The average molecular weight is 254 g/mol. The third kappa shape index (κ3) is 4.19. The Morgan fingerprint density at radius 3 is 2.82 bits per heavy atom. The smallest absolute Gasteiger partial charge is 0.219 e. The van der Waals surface area contributed by atoms with Gasteiger partial charge in [0, 0.05) is 29.8 Å². The number of hydrogen-bond acceptors (Lipinski definition) is 3. The highest BCUT2D eigenvalue weighted by molar-refractivity contribution is 7.85. The van der Waals surface area contributed by atoms with E-state index in [0.717, 1.165) is 10.5 Å². The molecule has 94 valence electrons. The number of rotatable bonds is 5. The highest BCUT2D eigenvalue weighted by Crippen LogP contribution is 2.17. The normalized spacial score (nSPS) is 12.1. The molecule has 0 saturated carbocycles. The SMILES string of the molecule is CNC(=O)CCCS(=O)c1cc(N)ccc1C. The van der Waals surface area contributed by atoms with Crippen molar-refractivity contribution in [3.05, 3.63) is 23.8 Å². The fourth-order valence-electron chi connectivity index (χ4n) is 1.46. The predicted molar refractivity (Wildman–Crippen MR) is 70.2 cm³/mol. The van der Waals surface area contributed by atoms with E-state index in [1.54, 1.807) is 19.2 Å². The molecule has 0 aliphatic heterocycles. The van der Waals surface area contributed by atoms with Crippen LogP contribution in [0.4, 0.5) is 5.69 Å². The molecule has 1 atom stereocenters. The van der Waals surface area contributed by atoms with Gasteiger partial charge in [0.2, 0.25) is 5.91 Å². The van der Waals surface area contributed by atoms with Crippen molar-refractivity contribution in [1.29, 1.82) is 0 Å². The summed E-state index contributed by atoms with van der Waals surface area (Å²) in [7, 11) is 0.515. The van der Waals surface area contributed by atoms with Gasteiger partial charge in [-0.15, -0.1) is 0 Å². The van der Waals surface area contributed by atoms with Crippen molar-refractivity contribution in [3.63, 3.8) is 0 Å². The van der Waals surface area contributed by atoms with Crippen molar-refractivity contribution in [3.8, 4) is 0 Å². The van der Waals surface area contributed by atoms with Gasteiger partial charge in [-0.25, -0.2) is 0 Å². The zero-order chi connectivity index (χ0) is 12.8. The monoisotopic (exact) mass is 254 g/mol. The van der Waals surface area contributed by atoms with E-state index in [-0.39, 0.29) is 5.91 Å². The molecule has 1 unspecified atom stereocenters. The Hall–Kier alpha value is -1.36. The van der Waals surface area contributed by atoms with Crippen LogP contribution in [-0.4, -0.2) is 22.9 Å². The molecular formula is C12H18N2O2S. The molecule has 0 aliphatic rings. The second-order valence-electron chi connectivity index (χ2n) is 3.85. The van der Waals surface area contributed by atoms with Gasteiger partial charge in [-0.2, -0.15) is 0 Å². The molecule has 1 amide bonds. The minimum absolute atomic E-state index is 0.0219. The van der Waals surface area contributed by atoms with Crippen LogP contribution in [0.5, 0.6) is 0 Å². The number of carbonyl (C=O) groups excluding carboxylic acids is 1. The lowest BCUT2D eigenvalue weighted by Crippen LogP contribution is -2.18. The first kappa shape index (κ1) is 13.7. The molecule has 0 heterocycles.